The Morgan fingerprint density at radius 1 is 1.47 bits per heavy atom. The van der Waals surface area contributed by atoms with Crippen LogP contribution in [0.5, 0.6) is 0 Å². The number of carbonyl (C=O) groups excluding carboxylic acids is 1. The molecule has 0 unspecified atom stereocenters. The number of nitrogens with one attached hydrogen (secondary N) is 1. The highest BCUT2D eigenvalue weighted by Gasteiger charge is 2.11. The average Bonchev–Trinajstić information content (AvgIpc) is 2.20. The lowest BCUT2D eigenvalue weighted by atomic mass is 10.1. The largest absolute Gasteiger partial charge is 0.351 e. The summed E-state index contributed by atoms with van der Waals surface area (Å²) in [6.45, 7) is 1.69. The van der Waals surface area contributed by atoms with Crippen molar-refractivity contribution in [3.63, 3.8) is 0 Å². The predicted octanol–water partition coefficient (Wildman–Crippen LogP) is 0.667. The van der Waals surface area contributed by atoms with Crippen LogP contribution in [0.25, 0.3) is 0 Å². The number of hydrogen-bond donors (Lipinski definition) is 2. The first kappa shape index (κ1) is 14.0. The molecule has 0 spiro atoms. The number of sulfonamides is 1. The molecule has 1 aromatic rings. The summed E-state index contributed by atoms with van der Waals surface area (Å²) >= 11 is 5.87. The van der Waals surface area contributed by atoms with Crippen LogP contribution < -0.4 is 10.5 Å². The van der Waals surface area contributed by atoms with Crippen LogP contribution in [0.1, 0.15) is 15.9 Å². The summed E-state index contributed by atoms with van der Waals surface area (Å²) in [5.41, 5.74) is 1.08. The summed E-state index contributed by atoms with van der Waals surface area (Å²) in [4.78, 5) is 11.7. The normalized spacial score (nSPS) is 11.2. The molecule has 0 saturated heterocycles. The van der Waals surface area contributed by atoms with Gasteiger partial charge in [-0.15, -0.1) is 0 Å². The molecule has 0 aromatic heterocycles. The minimum atomic E-state index is -3.56. The molecule has 0 aliphatic heterocycles. The van der Waals surface area contributed by atoms with Crippen molar-refractivity contribution < 1.29 is 13.2 Å². The number of benzene rings is 1. The molecule has 7 heteroatoms. The molecule has 0 atom stereocenters. The fraction of sp³-hybridized carbons (Fsp3) is 0.300. The highest BCUT2D eigenvalue weighted by atomic mass is 35.5. The molecule has 94 valence electrons. The highest BCUT2D eigenvalue weighted by molar-refractivity contribution is 7.89. The molecule has 17 heavy (non-hydrogen) atoms. The first-order valence-corrected chi connectivity index (χ1v) is 6.94. The van der Waals surface area contributed by atoms with Crippen LogP contribution in [0.15, 0.2) is 18.2 Å². The van der Waals surface area contributed by atoms with Crippen LogP contribution in [-0.4, -0.2) is 26.6 Å². The molecular weight excluding hydrogens is 264 g/mol. The zero-order valence-corrected chi connectivity index (χ0v) is 10.8. The highest BCUT2D eigenvalue weighted by Crippen LogP contribution is 2.18. The molecule has 0 saturated carbocycles. The van der Waals surface area contributed by atoms with Crippen molar-refractivity contribution in [2.24, 2.45) is 5.14 Å². The van der Waals surface area contributed by atoms with Crippen LogP contribution in [0.4, 0.5) is 0 Å². The van der Waals surface area contributed by atoms with Gasteiger partial charge in [-0.05, 0) is 24.6 Å². The van der Waals surface area contributed by atoms with E-state index in [4.69, 9.17) is 16.7 Å². The van der Waals surface area contributed by atoms with Gasteiger partial charge in [0.2, 0.25) is 10.0 Å². The number of hydrogen-bond acceptors (Lipinski definition) is 3. The molecule has 0 heterocycles. The molecule has 0 aliphatic carbocycles. The maximum absolute atomic E-state index is 11.7. The van der Waals surface area contributed by atoms with E-state index < -0.39 is 10.0 Å². The van der Waals surface area contributed by atoms with Crippen LogP contribution in [0, 0.1) is 6.92 Å². The van der Waals surface area contributed by atoms with E-state index in [1.807, 2.05) is 0 Å². The monoisotopic (exact) mass is 276 g/mol. The van der Waals surface area contributed by atoms with Gasteiger partial charge in [0, 0.05) is 17.1 Å². The average molecular weight is 277 g/mol. The molecule has 3 N–H and O–H groups in total. The zero-order valence-electron chi connectivity index (χ0n) is 9.23. The summed E-state index contributed by atoms with van der Waals surface area (Å²) < 4.78 is 21.4. The molecule has 5 nitrogen and oxygen atoms in total. The van der Waals surface area contributed by atoms with Crippen LogP contribution >= 0.6 is 11.6 Å². The molecule has 1 rings (SSSR count). The standard InChI is InChI=1S/C10H13ClN2O3S/c1-7-8(3-2-4-9(7)11)10(14)13-5-6-17(12,15)16/h2-4H,5-6H2,1H3,(H,13,14)(H2,12,15,16). The summed E-state index contributed by atoms with van der Waals surface area (Å²) in [5, 5.41) is 7.77. The summed E-state index contributed by atoms with van der Waals surface area (Å²) in [6.07, 6.45) is 0. The lowest BCUT2D eigenvalue weighted by molar-refractivity contribution is 0.0955. The van der Waals surface area contributed by atoms with Crippen LogP contribution in [-0.2, 0) is 10.0 Å². The third-order valence-corrected chi connectivity index (χ3v) is 3.37. The maximum Gasteiger partial charge on any atom is 0.251 e. The van der Waals surface area contributed by atoms with Gasteiger partial charge in [-0.25, -0.2) is 13.6 Å². The Morgan fingerprint density at radius 3 is 2.71 bits per heavy atom. The number of carbonyl (C=O) groups is 1. The molecule has 0 radical (unpaired) electrons. The zero-order chi connectivity index (χ0) is 13.1. The Bertz CT molecular complexity index is 528. The maximum atomic E-state index is 11.7. The number of rotatable bonds is 4. The van der Waals surface area contributed by atoms with Crippen molar-refractivity contribution in [3.05, 3.63) is 34.3 Å². The van der Waals surface area contributed by atoms with Crippen molar-refractivity contribution in [1.29, 1.82) is 0 Å². The summed E-state index contributed by atoms with van der Waals surface area (Å²) in [6, 6.07) is 4.95. The minimum absolute atomic E-state index is 0.0242. The lowest BCUT2D eigenvalue weighted by Crippen LogP contribution is -2.31. The Balaban J connectivity index is 2.68. The van der Waals surface area contributed by atoms with Gasteiger partial charge in [0.1, 0.15) is 0 Å². The lowest BCUT2D eigenvalue weighted by Gasteiger charge is -2.08. The van der Waals surface area contributed by atoms with E-state index in [-0.39, 0.29) is 18.2 Å². The topological polar surface area (TPSA) is 89.3 Å². The van der Waals surface area contributed by atoms with E-state index in [1.54, 1.807) is 25.1 Å². The van der Waals surface area contributed by atoms with Gasteiger partial charge >= 0.3 is 0 Å². The second-order valence-corrected chi connectivity index (χ2v) is 5.68. The van der Waals surface area contributed by atoms with E-state index in [0.717, 1.165) is 0 Å². The smallest absolute Gasteiger partial charge is 0.251 e. The number of primary sulfonamides is 1. The number of halogens is 1. The third kappa shape index (κ3) is 4.33. The number of amides is 1. The van der Waals surface area contributed by atoms with Gasteiger partial charge in [0.05, 0.1) is 5.75 Å². The van der Waals surface area contributed by atoms with Gasteiger partial charge in [-0.1, -0.05) is 17.7 Å². The van der Waals surface area contributed by atoms with Gasteiger partial charge < -0.3 is 5.32 Å². The quantitative estimate of drug-likeness (QED) is 0.847. The fourth-order valence-electron chi connectivity index (χ4n) is 1.26. The molecule has 0 aliphatic rings. The second kappa shape index (κ2) is 5.48. The predicted molar refractivity (Wildman–Crippen MR) is 66.5 cm³/mol. The van der Waals surface area contributed by atoms with E-state index in [1.165, 1.54) is 0 Å². The van der Waals surface area contributed by atoms with Crippen molar-refractivity contribution in [3.8, 4) is 0 Å². The SMILES string of the molecule is Cc1c(Cl)cccc1C(=O)NCCS(N)(=O)=O. The van der Waals surface area contributed by atoms with Gasteiger partial charge in [-0.3, -0.25) is 4.79 Å². The Kier molecular flexibility index (Phi) is 4.50. The Labute approximate surface area is 105 Å². The molecule has 1 aromatic carbocycles. The molecule has 0 fully saturated rings. The van der Waals surface area contributed by atoms with E-state index in [9.17, 15) is 13.2 Å². The molecule has 0 bridgehead atoms. The van der Waals surface area contributed by atoms with Crippen molar-refractivity contribution in [2.45, 2.75) is 6.92 Å². The van der Waals surface area contributed by atoms with Gasteiger partial charge in [-0.2, -0.15) is 0 Å². The summed E-state index contributed by atoms with van der Waals surface area (Å²) in [7, 11) is -3.56. The Hall–Kier alpha value is -1.11. The van der Waals surface area contributed by atoms with Crippen LogP contribution in [0.2, 0.25) is 5.02 Å². The number of nitrogens with two attached hydrogens (primary N) is 1. The summed E-state index contributed by atoms with van der Waals surface area (Å²) in [5.74, 6) is -0.660. The minimum Gasteiger partial charge on any atom is -0.351 e. The van der Waals surface area contributed by atoms with Crippen molar-refractivity contribution >= 4 is 27.5 Å². The van der Waals surface area contributed by atoms with E-state index in [0.29, 0.717) is 16.1 Å². The second-order valence-electron chi connectivity index (χ2n) is 3.54. The van der Waals surface area contributed by atoms with E-state index >= 15 is 0 Å². The first-order valence-electron chi connectivity index (χ1n) is 4.85. The van der Waals surface area contributed by atoms with Crippen molar-refractivity contribution in [2.75, 3.05) is 12.3 Å². The Morgan fingerprint density at radius 2 is 2.12 bits per heavy atom. The van der Waals surface area contributed by atoms with Gasteiger partial charge in [0.25, 0.3) is 5.91 Å². The van der Waals surface area contributed by atoms with Gasteiger partial charge in [0.15, 0.2) is 0 Å². The van der Waals surface area contributed by atoms with Crippen LogP contribution in [0.3, 0.4) is 0 Å². The van der Waals surface area contributed by atoms with Crippen molar-refractivity contribution in [1.82, 2.24) is 5.32 Å². The third-order valence-electron chi connectivity index (χ3n) is 2.18. The molecular formula is C10H13ClN2O3S. The van der Waals surface area contributed by atoms with E-state index in [2.05, 4.69) is 5.32 Å². The fourth-order valence-corrected chi connectivity index (χ4v) is 1.82. The molecule has 1 amide bonds. The first-order chi connectivity index (χ1) is 7.81.